The molecule has 8 nitrogen and oxygen atoms in total. The molecular weight excluding hydrogens is 561 g/mol. The summed E-state index contributed by atoms with van der Waals surface area (Å²) in [4.78, 5) is 28.2. The van der Waals surface area contributed by atoms with Crippen LogP contribution in [0.1, 0.15) is 32.8 Å². The Balaban J connectivity index is 2.48. The van der Waals surface area contributed by atoms with E-state index in [4.69, 9.17) is 39.5 Å². The number of ether oxygens (including phenoxy) is 1. The van der Waals surface area contributed by atoms with E-state index < -0.39 is 28.5 Å². The third-order valence-electron chi connectivity index (χ3n) is 5.52. The number of amides is 2. The average Bonchev–Trinajstić information content (AvgIpc) is 2.83. The van der Waals surface area contributed by atoms with E-state index in [0.717, 1.165) is 16.1 Å². The van der Waals surface area contributed by atoms with Crippen molar-refractivity contribution in [3.05, 3.63) is 57.0 Å². The molecule has 1 N–H and O–H groups in total. The Morgan fingerprint density at radius 3 is 2.14 bits per heavy atom. The lowest BCUT2D eigenvalue weighted by Gasteiger charge is -2.33. The molecule has 0 unspecified atom stereocenters. The quantitative estimate of drug-likeness (QED) is 0.350. The normalized spacial score (nSPS) is 12.2. The van der Waals surface area contributed by atoms with Gasteiger partial charge in [-0.15, -0.1) is 0 Å². The van der Waals surface area contributed by atoms with Crippen LogP contribution in [0.3, 0.4) is 0 Å². The van der Waals surface area contributed by atoms with E-state index in [-0.39, 0.29) is 39.1 Å². The Bertz CT molecular complexity index is 1210. The van der Waals surface area contributed by atoms with E-state index in [1.807, 2.05) is 13.8 Å². The maximum absolute atomic E-state index is 13.7. The van der Waals surface area contributed by atoms with Crippen molar-refractivity contribution in [3.8, 4) is 5.75 Å². The van der Waals surface area contributed by atoms with Gasteiger partial charge in [0.2, 0.25) is 21.8 Å². The number of carbonyl (C=O) groups excluding carboxylic acids is 2. The lowest BCUT2D eigenvalue weighted by molar-refractivity contribution is -0.140. The third kappa shape index (κ3) is 8.67. The lowest BCUT2D eigenvalue weighted by atomic mass is 10.1. The number of benzene rings is 2. The minimum absolute atomic E-state index is 0.00798. The number of rotatable bonds is 12. The lowest BCUT2D eigenvalue weighted by Crippen LogP contribution is -2.52. The van der Waals surface area contributed by atoms with Crippen LogP contribution < -0.4 is 14.4 Å². The van der Waals surface area contributed by atoms with Crippen molar-refractivity contribution in [3.63, 3.8) is 0 Å². The summed E-state index contributed by atoms with van der Waals surface area (Å²) in [6.07, 6.45) is 1.28. The predicted molar refractivity (Wildman–Crippen MR) is 149 cm³/mol. The second-order valence-electron chi connectivity index (χ2n) is 8.92. The zero-order valence-electron chi connectivity index (χ0n) is 21.4. The smallest absolute Gasteiger partial charge is 0.244 e. The Morgan fingerprint density at radius 2 is 1.62 bits per heavy atom. The molecule has 37 heavy (non-hydrogen) atoms. The Labute approximate surface area is 233 Å². The summed E-state index contributed by atoms with van der Waals surface area (Å²) in [5.74, 6) is -0.0583. The van der Waals surface area contributed by atoms with Crippen molar-refractivity contribution >= 4 is 62.3 Å². The highest BCUT2D eigenvalue weighted by atomic mass is 35.5. The van der Waals surface area contributed by atoms with Gasteiger partial charge in [-0.2, -0.15) is 0 Å². The Hall–Kier alpha value is -2.20. The molecule has 2 rings (SSSR count). The molecule has 0 radical (unpaired) electrons. The van der Waals surface area contributed by atoms with E-state index >= 15 is 0 Å². The molecule has 0 saturated carbocycles. The zero-order valence-corrected chi connectivity index (χ0v) is 24.5. The first kappa shape index (κ1) is 31.0. The summed E-state index contributed by atoms with van der Waals surface area (Å²) in [5.41, 5.74) is 0.747. The van der Waals surface area contributed by atoms with Gasteiger partial charge in [-0.05, 0) is 42.2 Å². The van der Waals surface area contributed by atoms with Crippen LogP contribution in [0.2, 0.25) is 15.1 Å². The van der Waals surface area contributed by atoms with E-state index in [1.54, 1.807) is 38.3 Å². The number of carbonyl (C=O) groups is 2. The topological polar surface area (TPSA) is 96.0 Å². The SMILES string of the molecule is CC[C@@H](C(=O)NCC(C)C)N(Cc1ccc(OC)cc1)C(=O)CN(c1cc(Cl)c(Cl)cc1Cl)S(C)(=O)=O. The van der Waals surface area contributed by atoms with Crippen molar-refractivity contribution in [2.75, 3.05) is 30.8 Å². The van der Waals surface area contributed by atoms with Gasteiger partial charge < -0.3 is 15.0 Å². The molecule has 0 aliphatic heterocycles. The molecule has 0 aliphatic rings. The largest absolute Gasteiger partial charge is 0.497 e. The van der Waals surface area contributed by atoms with Gasteiger partial charge in [-0.1, -0.05) is 67.7 Å². The number of sulfonamides is 1. The number of halogens is 3. The predicted octanol–water partition coefficient (Wildman–Crippen LogP) is 5.00. The minimum atomic E-state index is -3.97. The number of hydrogen-bond acceptors (Lipinski definition) is 5. The first-order valence-electron chi connectivity index (χ1n) is 11.6. The molecule has 204 valence electrons. The molecule has 0 fully saturated rings. The Kier molecular flexibility index (Phi) is 11.4. The summed E-state index contributed by atoms with van der Waals surface area (Å²) < 4.78 is 31.6. The summed E-state index contributed by atoms with van der Waals surface area (Å²) in [5, 5.41) is 3.11. The summed E-state index contributed by atoms with van der Waals surface area (Å²) in [6.45, 7) is 5.63. The van der Waals surface area contributed by atoms with Gasteiger partial charge in [0.1, 0.15) is 18.3 Å². The van der Waals surface area contributed by atoms with Gasteiger partial charge in [0, 0.05) is 13.1 Å². The number of nitrogens with one attached hydrogen (secondary N) is 1. The van der Waals surface area contributed by atoms with Crippen LogP contribution in [-0.4, -0.2) is 57.6 Å². The molecule has 12 heteroatoms. The molecule has 0 spiro atoms. The third-order valence-corrected chi connectivity index (χ3v) is 7.67. The second-order valence-corrected chi connectivity index (χ2v) is 12.0. The van der Waals surface area contributed by atoms with Crippen LogP contribution in [0.5, 0.6) is 5.75 Å². The first-order valence-corrected chi connectivity index (χ1v) is 14.6. The maximum Gasteiger partial charge on any atom is 0.244 e. The van der Waals surface area contributed by atoms with Gasteiger partial charge in [-0.25, -0.2) is 8.42 Å². The number of anilines is 1. The Morgan fingerprint density at radius 1 is 1.03 bits per heavy atom. The van der Waals surface area contributed by atoms with E-state index in [1.165, 1.54) is 17.0 Å². The fraction of sp³-hybridized carbons (Fsp3) is 0.440. The first-order chi connectivity index (χ1) is 17.3. The number of methoxy groups -OCH3 is 1. The molecule has 2 aromatic carbocycles. The van der Waals surface area contributed by atoms with E-state index in [2.05, 4.69) is 5.32 Å². The van der Waals surface area contributed by atoms with Crippen LogP contribution in [-0.2, 0) is 26.2 Å². The second kappa shape index (κ2) is 13.6. The van der Waals surface area contributed by atoms with Crippen molar-refractivity contribution in [2.45, 2.75) is 39.8 Å². The van der Waals surface area contributed by atoms with Crippen LogP contribution in [0, 0.1) is 5.92 Å². The van der Waals surface area contributed by atoms with Gasteiger partial charge >= 0.3 is 0 Å². The maximum atomic E-state index is 13.7. The molecular formula is C25H32Cl3N3O5S. The van der Waals surface area contributed by atoms with Crippen LogP contribution in [0.15, 0.2) is 36.4 Å². The average molecular weight is 593 g/mol. The van der Waals surface area contributed by atoms with Gasteiger partial charge in [0.15, 0.2) is 0 Å². The number of nitrogens with zero attached hydrogens (tertiary/aromatic N) is 2. The summed E-state index contributed by atoms with van der Waals surface area (Å²) in [6, 6.07) is 8.82. The molecule has 0 bridgehead atoms. The standard InChI is InChI=1S/C25H32Cl3N3O5S/c1-6-22(25(33)29-13-16(2)3)30(14-17-7-9-18(36-4)10-8-17)24(32)15-31(37(5,34)35)23-12-20(27)19(26)11-21(23)28/h7-12,16,22H,6,13-15H2,1-5H3,(H,29,33)/t22-/m0/s1. The molecule has 2 aromatic rings. The molecule has 0 heterocycles. The summed E-state index contributed by atoms with van der Waals surface area (Å²) >= 11 is 18.4. The fourth-order valence-electron chi connectivity index (χ4n) is 3.57. The highest BCUT2D eigenvalue weighted by molar-refractivity contribution is 7.92. The van der Waals surface area contributed by atoms with Crippen molar-refractivity contribution < 1.29 is 22.7 Å². The highest BCUT2D eigenvalue weighted by Gasteiger charge is 2.32. The minimum Gasteiger partial charge on any atom is -0.497 e. The van der Waals surface area contributed by atoms with Crippen LogP contribution >= 0.6 is 34.8 Å². The summed E-state index contributed by atoms with van der Waals surface area (Å²) in [7, 11) is -2.43. The van der Waals surface area contributed by atoms with Crippen molar-refractivity contribution in [2.24, 2.45) is 5.92 Å². The van der Waals surface area contributed by atoms with Gasteiger partial charge in [0.05, 0.1) is 34.1 Å². The molecule has 0 saturated heterocycles. The zero-order chi connectivity index (χ0) is 27.9. The van der Waals surface area contributed by atoms with Gasteiger partial charge in [-0.3, -0.25) is 13.9 Å². The molecule has 2 amide bonds. The van der Waals surface area contributed by atoms with Crippen molar-refractivity contribution in [1.29, 1.82) is 0 Å². The van der Waals surface area contributed by atoms with Crippen LogP contribution in [0.25, 0.3) is 0 Å². The van der Waals surface area contributed by atoms with Gasteiger partial charge in [0.25, 0.3) is 0 Å². The molecule has 0 aromatic heterocycles. The van der Waals surface area contributed by atoms with E-state index in [0.29, 0.717) is 18.7 Å². The van der Waals surface area contributed by atoms with Crippen LogP contribution in [0.4, 0.5) is 5.69 Å². The van der Waals surface area contributed by atoms with Crippen molar-refractivity contribution in [1.82, 2.24) is 10.2 Å². The molecule has 1 atom stereocenters. The highest BCUT2D eigenvalue weighted by Crippen LogP contribution is 2.35. The molecule has 0 aliphatic carbocycles. The monoisotopic (exact) mass is 591 g/mol. The van der Waals surface area contributed by atoms with E-state index in [9.17, 15) is 18.0 Å². The number of hydrogen-bond donors (Lipinski definition) is 1. The fourth-order valence-corrected chi connectivity index (χ4v) is 5.11.